The molecule has 2 aromatic heterocycles. The van der Waals surface area contributed by atoms with Crippen molar-refractivity contribution >= 4 is 86.7 Å². The summed E-state index contributed by atoms with van der Waals surface area (Å²) in [5, 5.41) is 15.1. The second-order valence-electron chi connectivity index (χ2n) is 23.8. The molecule has 4 saturated carbocycles. The van der Waals surface area contributed by atoms with Crippen molar-refractivity contribution in [2.45, 2.75) is 126 Å². The van der Waals surface area contributed by atoms with Gasteiger partial charge in [-0.15, -0.1) is 22.1 Å². The maximum absolute atomic E-state index is 6.30. The van der Waals surface area contributed by atoms with Crippen LogP contribution in [0.1, 0.15) is 149 Å². The van der Waals surface area contributed by atoms with Gasteiger partial charge in [0.2, 0.25) is 0 Å². The molecular weight excluding hydrogens is 1120 g/mol. The normalized spacial score (nSPS) is 17.2. The van der Waals surface area contributed by atoms with Crippen LogP contribution in [0.25, 0.3) is 132 Å². The number of benzene rings is 8. The Balaban J connectivity index is 0.00000498. The first-order valence-corrected chi connectivity index (χ1v) is 29.1. The van der Waals surface area contributed by atoms with Gasteiger partial charge in [-0.25, -0.2) is 9.97 Å². The summed E-state index contributed by atoms with van der Waals surface area (Å²) in [6.45, 7) is 0. The van der Waals surface area contributed by atoms with Crippen LogP contribution in [0.5, 0.6) is 0 Å². The number of rotatable bonds is 4. The Morgan fingerprint density at radius 3 is 0.675 bits per heavy atom. The molecule has 4 nitrogen and oxygen atoms in total. The summed E-state index contributed by atoms with van der Waals surface area (Å²) in [5.74, 6) is 1.31. The van der Waals surface area contributed by atoms with Gasteiger partial charge in [0, 0.05) is 22.3 Å². The fourth-order valence-electron chi connectivity index (χ4n) is 16.0. The Morgan fingerprint density at radius 1 is 0.273 bits per heavy atom. The Kier molecular flexibility index (Phi) is 10.9. The fraction of sp³-hybridized carbons (Fsp3) is 0.278. The first kappa shape index (κ1) is 46.2. The van der Waals surface area contributed by atoms with E-state index in [2.05, 4.69) is 146 Å². The topological polar surface area (TPSA) is 54.0 Å². The van der Waals surface area contributed by atoms with Gasteiger partial charge in [0.15, 0.2) is 0 Å². The predicted octanol–water partition coefficient (Wildman–Crippen LogP) is 19.8. The molecule has 5 heteroatoms. The average molecular weight is 1180 g/mol. The molecule has 8 aromatic carbocycles. The van der Waals surface area contributed by atoms with E-state index in [9.17, 15) is 0 Å². The van der Waals surface area contributed by atoms with Gasteiger partial charge in [0.05, 0.1) is 22.8 Å². The number of aromatic nitrogens is 4. The van der Waals surface area contributed by atoms with Gasteiger partial charge in [0.1, 0.15) is 0 Å². The molecule has 8 bridgehead atoms. The quantitative estimate of drug-likeness (QED) is 0.176. The van der Waals surface area contributed by atoms with E-state index < -0.39 is 0 Å². The number of nitrogens with zero attached hydrogens (tertiary/aromatic N) is 4. The zero-order valence-corrected chi connectivity index (χ0v) is 45.9. The van der Waals surface area contributed by atoms with Gasteiger partial charge >= 0.3 is 21.1 Å². The molecule has 2 aliphatic heterocycles. The molecule has 17 rings (SSSR count). The molecule has 77 heavy (non-hydrogen) atoms. The van der Waals surface area contributed by atoms with Crippen LogP contribution in [0.4, 0.5) is 0 Å². The third-order valence-corrected chi connectivity index (χ3v) is 19.6. The first-order valence-electron chi connectivity index (χ1n) is 29.1. The minimum atomic E-state index is 0. The number of fused-ring (bicyclic) bond motifs is 4. The zero-order chi connectivity index (χ0) is 49.6. The van der Waals surface area contributed by atoms with Crippen molar-refractivity contribution in [3.05, 3.63) is 168 Å². The molecule has 5 aliphatic carbocycles. The summed E-state index contributed by atoms with van der Waals surface area (Å²) in [6, 6.07) is 56.0. The van der Waals surface area contributed by atoms with Crippen LogP contribution in [-0.2, 0) is 21.1 Å². The Bertz CT molecular complexity index is 3900. The van der Waals surface area contributed by atoms with E-state index in [1.807, 2.05) is 0 Å². The zero-order valence-electron chi connectivity index (χ0n) is 43.6. The van der Waals surface area contributed by atoms with Crippen molar-refractivity contribution in [3.63, 3.8) is 0 Å². The van der Waals surface area contributed by atoms with Crippen molar-refractivity contribution in [1.29, 1.82) is 0 Å². The van der Waals surface area contributed by atoms with Gasteiger partial charge in [-0.1, -0.05) is 148 Å². The third kappa shape index (κ3) is 7.12. The van der Waals surface area contributed by atoms with Gasteiger partial charge in [-0.05, 0) is 210 Å². The maximum Gasteiger partial charge on any atom is 2.00 e. The fourth-order valence-corrected chi connectivity index (χ4v) is 16.0. The molecule has 4 heterocycles. The molecule has 0 amide bonds. The van der Waals surface area contributed by atoms with Crippen LogP contribution < -0.4 is 9.97 Å². The molecule has 0 saturated heterocycles. The Hall–Kier alpha value is -6.87. The number of hydrogen-bond acceptors (Lipinski definition) is 2. The van der Waals surface area contributed by atoms with E-state index in [1.54, 1.807) is 0 Å². The van der Waals surface area contributed by atoms with Crippen molar-refractivity contribution in [2.75, 3.05) is 0 Å². The van der Waals surface area contributed by atoms with Crippen LogP contribution in [0, 0.1) is 0 Å². The third-order valence-electron chi connectivity index (χ3n) is 19.6. The van der Waals surface area contributed by atoms with Gasteiger partial charge < -0.3 is 9.97 Å². The largest absolute Gasteiger partial charge is 2.00 e. The molecule has 378 valence electrons. The Morgan fingerprint density at radius 2 is 0.468 bits per heavy atom. The van der Waals surface area contributed by atoms with E-state index in [1.165, 1.54) is 161 Å². The van der Waals surface area contributed by atoms with Crippen LogP contribution in [0.15, 0.2) is 146 Å². The first-order chi connectivity index (χ1) is 37.7. The average Bonchev–Trinajstić information content (AvgIpc) is 4.39. The van der Waals surface area contributed by atoms with E-state index in [-0.39, 0.29) is 21.1 Å². The summed E-state index contributed by atoms with van der Waals surface area (Å²) < 4.78 is 0. The van der Waals surface area contributed by atoms with Crippen molar-refractivity contribution in [2.24, 2.45) is 0 Å². The van der Waals surface area contributed by atoms with Gasteiger partial charge in [-0.2, -0.15) is 0 Å². The van der Waals surface area contributed by atoms with E-state index in [0.717, 1.165) is 96.2 Å². The number of hydrogen-bond donors (Lipinski definition) is 0. The molecular formula is C72H60N4Pt. The minimum absolute atomic E-state index is 0. The van der Waals surface area contributed by atoms with Crippen LogP contribution >= 0.6 is 0 Å². The molecule has 0 unspecified atom stereocenters. The maximum atomic E-state index is 6.30. The minimum Gasteiger partial charge on any atom is -0.656 e. The SMILES string of the molecule is [Pt+2].c1ccc2cc3c(cc2c1)-c1nc-3c(C2CCCC2)c2[n-]c(c(C3CCCC3)c3nc(c(C4CCCC4)c4[n-]c(c1C1CCCC1)c1cc5ccccc5cc41)-c1cc4ccccc4cc1-3)c1cc3ccccc3cc21. The van der Waals surface area contributed by atoms with Gasteiger partial charge in [-0.3, -0.25) is 0 Å². The Labute approximate surface area is 464 Å². The standard InChI is InChI=1S/C72H60N4.Pt/c1-2-18-41(17-1)61-65-53-33-45-25-9-11-27-47(45)35-55(53)67(73-65)62(42-19-3-4-20-42)69-57-37-49-29-13-15-31-51(49)39-59(57)71(75-69)64(44-23-7-8-24-44)72-60-40-52-32-16-14-30-50(52)38-58(60)70(76-72)63(43-21-5-6-22-43)68-56-36-48-28-12-10-26-46(48)34-54(56)66(61)74-68;/h9-16,25-44H,1-8,17-24H2;/q-2;+2. The van der Waals surface area contributed by atoms with Crippen molar-refractivity contribution < 1.29 is 21.1 Å². The molecule has 10 aromatic rings. The van der Waals surface area contributed by atoms with E-state index >= 15 is 0 Å². The molecule has 0 radical (unpaired) electrons. The second kappa shape index (κ2) is 18.1. The molecule has 4 fully saturated rings. The molecule has 0 spiro atoms. The second-order valence-corrected chi connectivity index (χ2v) is 23.8. The molecule has 0 atom stereocenters. The summed E-state index contributed by atoms with van der Waals surface area (Å²) in [6.07, 6.45) is 18.8. The predicted molar refractivity (Wildman–Crippen MR) is 318 cm³/mol. The van der Waals surface area contributed by atoms with Crippen molar-refractivity contribution in [3.8, 4) is 45.0 Å². The summed E-state index contributed by atoms with van der Waals surface area (Å²) >= 11 is 0. The summed E-state index contributed by atoms with van der Waals surface area (Å²) in [7, 11) is 0. The smallest absolute Gasteiger partial charge is 0.656 e. The van der Waals surface area contributed by atoms with Crippen LogP contribution in [0.2, 0.25) is 0 Å². The van der Waals surface area contributed by atoms with Crippen LogP contribution in [-0.4, -0.2) is 9.97 Å². The molecule has 0 N–H and O–H groups in total. The summed E-state index contributed by atoms with van der Waals surface area (Å²) in [4.78, 5) is 25.2. The van der Waals surface area contributed by atoms with Gasteiger partial charge in [0.25, 0.3) is 0 Å². The molecule has 7 aliphatic rings. The summed E-state index contributed by atoms with van der Waals surface area (Å²) in [5.41, 5.74) is 19.5. The monoisotopic (exact) mass is 1180 g/mol. The van der Waals surface area contributed by atoms with E-state index in [4.69, 9.17) is 19.9 Å². The van der Waals surface area contributed by atoms with E-state index in [0.29, 0.717) is 23.7 Å². The van der Waals surface area contributed by atoms with Crippen LogP contribution in [0.3, 0.4) is 0 Å². The van der Waals surface area contributed by atoms with Crippen molar-refractivity contribution in [1.82, 2.24) is 19.9 Å².